The number of aliphatic carboxylic acids is 1. The normalized spacial score (nSPS) is 11.0. The minimum absolute atomic E-state index is 0.0445. The fourth-order valence-corrected chi connectivity index (χ4v) is 0.970. The predicted octanol–water partition coefficient (Wildman–Crippen LogP) is 0.424. The summed E-state index contributed by atoms with van der Waals surface area (Å²) < 4.78 is 4.64. The van der Waals surface area contributed by atoms with Gasteiger partial charge in [-0.3, -0.25) is 0 Å². The summed E-state index contributed by atoms with van der Waals surface area (Å²) in [6.45, 7) is 0. The minimum Gasteiger partial charge on any atom is -0.545 e. The first-order chi connectivity index (χ1) is 6.25. The molecule has 0 heterocycles. The van der Waals surface area contributed by atoms with Gasteiger partial charge in [-0.25, -0.2) is 0 Å². The van der Waals surface area contributed by atoms with Crippen molar-refractivity contribution >= 4 is 11.5 Å². The molecule has 0 atom stereocenters. The van der Waals surface area contributed by atoms with Crippen molar-refractivity contribution in [2.45, 2.75) is 0 Å². The fourth-order valence-electron chi connectivity index (χ4n) is 0.970. The topological polar surface area (TPSA) is 49.4 Å². The van der Waals surface area contributed by atoms with Crippen LogP contribution in [0, 0.1) is 0 Å². The van der Waals surface area contributed by atoms with Crippen molar-refractivity contribution in [3.05, 3.63) is 42.2 Å². The van der Waals surface area contributed by atoms with Crippen LogP contribution in [0.15, 0.2) is 36.6 Å². The van der Waals surface area contributed by atoms with Gasteiger partial charge in [0.05, 0.1) is 19.3 Å². The summed E-state index contributed by atoms with van der Waals surface area (Å²) >= 11 is 0. The first-order valence-electron chi connectivity index (χ1n) is 3.75. The highest BCUT2D eigenvalue weighted by Gasteiger charge is 2.01. The zero-order valence-electron chi connectivity index (χ0n) is 7.19. The Kier molecular flexibility index (Phi) is 3.09. The molecule has 0 amide bonds. The number of carbonyl (C=O) groups excluding carboxylic acids is 1. The molecule has 0 N–H and O–H groups in total. The Morgan fingerprint density at radius 3 is 2.46 bits per heavy atom. The fraction of sp³-hybridized carbons (Fsp3) is 0.100. The van der Waals surface area contributed by atoms with E-state index in [2.05, 4.69) is 4.74 Å². The Bertz CT molecular complexity index is 314. The summed E-state index contributed by atoms with van der Waals surface area (Å²) in [6, 6.07) is 8.67. The molecular weight excluding hydrogens is 168 g/mol. The van der Waals surface area contributed by atoms with Crippen LogP contribution in [0.1, 0.15) is 5.56 Å². The van der Waals surface area contributed by atoms with Gasteiger partial charge in [-0.15, -0.1) is 0 Å². The number of benzene rings is 1. The van der Waals surface area contributed by atoms with E-state index in [0.29, 0.717) is 5.56 Å². The van der Waals surface area contributed by atoms with E-state index in [1.807, 2.05) is 6.07 Å². The van der Waals surface area contributed by atoms with Gasteiger partial charge in [0.15, 0.2) is 0 Å². The third-order valence-corrected chi connectivity index (χ3v) is 1.54. The number of hydrogen-bond donors (Lipinski definition) is 0. The van der Waals surface area contributed by atoms with E-state index in [-0.39, 0.29) is 5.57 Å². The molecule has 0 bridgehead atoms. The average Bonchev–Trinajstić information content (AvgIpc) is 2.15. The Balaban J connectivity index is 3.03. The molecule has 13 heavy (non-hydrogen) atoms. The first kappa shape index (κ1) is 9.32. The predicted molar refractivity (Wildman–Crippen MR) is 46.4 cm³/mol. The van der Waals surface area contributed by atoms with Crippen molar-refractivity contribution in [2.75, 3.05) is 7.11 Å². The van der Waals surface area contributed by atoms with Gasteiger partial charge in [-0.1, -0.05) is 30.3 Å². The van der Waals surface area contributed by atoms with Crippen molar-refractivity contribution in [1.29, 1.82) is 0 Å². The third-order valence-electron chi connectivity index (χ3n) is 1.54. The number of carbonyl (C=O) groups is 1. The molecule has 0 aliphatic heterocycles. The molecule has 1 aromatic carbocycles. The lowest BCUT2D eigenvalue weighted by molar-refractivity contribution is -0.295. The number of hydrogen-bond acceptors (Lipinski definition) is 3. The highest BCUT2D eigenvalue weighted by Crippen LogP contribution is 2.12. The molecule has 1 aromatic rings. The van der Waals surface area contributed by atoms with Gasteiger partial charge >= 0.3 is 0 Å². The van der Waals surface area contributed by atoms with Gasteiger partial charge in [0.1, 0.15) is 0 Å². The molecule has 3 nitrogen and oxygen atoms in total. The number of carboxylic acid groups (broad SMARTS) is 1. The van der Waals surface area contributed by atoms with Crippen LogP contribution in [0.5, 0.6) is 0 Å². The highest BCUT2D eigenvalue weighted by atomic mass is 16.5. The molecule has 1 rings (SSSR count). The third kappa shape index (κ3) is 2.33. The number of ether oxygens (including phenoxy) is 1. The van der Waals surface area contributed by atoms with Crippen LogP contribution in [0.4, 0.5) is 0 Å². The summed E-state index contributed by atoms with van der Waals surface area (Å²) in [5, 5.41) is 10.6. The van der Waals surface area contributed by atoms with E-state index in [9.17, 15) is 9.90 Å². The van der Waals surface area contributed by atoms with Crippen LogP contribution in [0.25, 0.3) is 5.57 Å². The SMILES string of the molecule is CO/C=C(\C(=O)[O-])c1ccccc1. The van der Waals surface area contributed by atoms with Crippen LogP contribution in [-0.4, -0.2) is 13.1 Å². The molecule has 3 heteroatoms. The summed E-state index contributed by atoms with van der Waals surface area (Å²) in [6.07, 6.45) is 1.16. The molecule has 0 aliphatic rings. The summed E-state index contributed by atoms with van der Waals surface area (Å²) in [7, 11) is 1.39. The van der Waals surface area contributed by atoms with Gasteiger partial charge in [0, 0.05) is 5.57 Å². The highest BCUT2D eigenvalue weighted by molar-refractivity contribution is 6.13. The van der Waals surface area contributed by atoms with Crippen molar-refractivity contribution < 1.29 is 14.6 Å². The van der Waals surface area contributed by atoms with Crippen LogP contribution >= 0.6 is 0 Å². The monoisotopic (exact) mass is 177 g/mol. The summed E-state index contributed by atoms with van der Waals surface area (Å²) in [4.78, 5) is 10.6. The van der Waals surface area contributed by atoms with Crippen molar-refractivity contribution in [3.63, 3.8) is 0 Å². The molecule has 0 saturated carbocycles. The van der Waals surface area contributed by atoms with Crippen molar-refractivity contribution in [3.8, 4) is 0 Å². The molecule has 0 unspecified atom stereocenters. The molecule has 0 aromatic heterocycles. The second-order valence-electron chi connectivity index (χ2n) is 2.42. The van der Waals surface area contributed by atoms with E-state index >= 15 is 0 Å². The Morgan fingerprint density at radius 1 is 1.38 bits per heavy atom. The minimum atomic E-state index is -1.24. The van der Waals surface area contributed by atoms with E-state index in [1.165, 1.54) is 7.11 Å². The number of carboxylic acids is 1. The quantitative estimate of drug-likeness (QED) is 0.496. The molecule has 0 spiro atoms. The largest absolute Gasteiger partial charge is 0.545 e. The van der Waals surface area contributed by atoms with Gasteiger partial charge in [0.2, 0.25) is 0 Å². The van der Waals surface area contributed by atoms with Crippen LogP contribution in [0.3, 0.4) is 0 Å². The molecule has 0 saturated heterocycles. The van der Waals surface area contributed by atoms with Crippen molar-refractivity contribution in [1.82, 2.24) is 0 Å². The number of methoxy groups -OCH3 is 1. The second-order valence-corrected chi connectivity index (χ2v) is 2.42. The van der Waals surface area contributed by atoms with Gasteiger partial charge in [-0.05, 0) is 5.56 Å². The molecule has 0 aliphatic carbocycles. The Labute approximate surface area is 76.3 Å². The lowest BCUT2D eigenvalue weighted by Crippen LogP contribution is -2.23. The average molecular weight is 177 g/mol. The van der Waals surface area contributed by atoms with Crippen LogP contribution in [-0.2, 0) is 9.53 Å². The Hall–Kier alpha value is -1.77. The standard InChI is InChI=1S/C10H10O3/c1-13-7-9(10(11)12)8-5-3-2-4-6-8/h2-7H,1H3,(H,11,12)/p-1/b9-7-. The first-order valence-corrected chi connectivity index (χ1v) is 3.75. The molecule has 0 radical (unpaired) electrons. The van der Waals surface area contributed by atoms with E-state index in [1.54, 1.807) is 24.3 Å². The smallest absolute Gasteiger partial charge is 0.0921 e. The zero-order valence-corrected chi connectivity index (χ0v) is 7.19. The van der Waals surface area contributed by atoms with Crippen LogP contribution in [0.2, 0.25) is 0 Å². The summed E-state index contributed by atoms with van der Waals surface area (Å²) in [5.74, 6) is -1.24. The zero-order chi connectivity index (χ0) is 9.68. The van der Waals surface area contributed by atoms with E-state index in [0.717, 1.165) is 6.26 Å². The molecular formula is C10H9O3-. The lowest BCUT2D eigenvalue weighted by Gasteiger charge is -2.07. The van der Waals surface area contributed by atoms with Gasteiger partial charge in [-0.2, -0.15) is 0 Å². The Morgan fingerprint density at radius 2 is 2.00 bits per heavy atom. The lowest BCUT2D eigenvalue weighted by atomic mass is 10.1. The van der Waals surface area contributed by atoms with Crippen molar-refractivity contribution in [2.24, 2.45) is 0 Å². The van der Waals surface area contributed by atoms with Gasteiger partial charge in [0.25, 0.3) is 0 Å². The molecule has 0 fully saturated rings. The van der Waals surface area contributed by atoms with Crippen LogP contribution < -0.4 is 5.11 Å². The van der Waals surface area contributed by atoms with E-state index < -0.39 is 5.97 Å². The van der Waals surface area contributed by atoms with E-state index in [4.69, 9.17) is 0 Å². The summed E-state index contributed by atoms with van der Waals surface area (Å²) in [5.41, 5.74) is 0.618. The maximum atomic E-state index is 10.6. The number of rotatable bonds is 3. The molecule has 68 valence electrons. The second kappa shape index (κ2) is 4.30. The maximum Gasteiger partial charge on any atom is 0.0921 e. The maximum absolute atomic E-state index is 10.6. The van der Waals surface area contributed by atoms with Gasteiger partial charge < -0.3 is 14.6 Å².